The van der Waals surface area contributed by atoms with E-state index in [1.54, 1.807) is 17.1 Å². The first-order valence-electron chi connectivity index (χ1n) is 11.0. The van der Waals surface area contributed by atoms with Crippen LogP contribution in [-0.4, -0.2) is 38.6 Å². The monoisotopic (exact) mass is 414 g/mol. The van der Waals surface area contributed by atoms with E-state index >= 15 is 0 Å². The van der Waals surface area contributed by atoms with Gasteiger partial charge in [0.1, 0.15) is 6.04 Å². The van der Waals surface area contributed by atoms with E-state index in [1.165, 1.54) is 6.42 Å². The first-order chi connectivity index (χ1) is 15.2. The van der Waals surface area contributed by atoms with E-state index in [-0.39, 0.29) is 17.9 Å². The Kier molecular flexibility index (Phi) is 5.28. The van der Waals surface area contributed by atoms with Crippen LogP contribution in [0.3, 0.4) is 0 Å². The van der Waals surface area contributed by atoms with Crippen molar-refractivity contribution in [1.29, 1.82) is 0 Å². The van der Waals surface area contributed by atoms with Gasteiger partial charge in [-0.1, -0.05) is 49.2 Å². The number of para-hydroxylation sites is 1. The van der Waals surface area contributed by atoms with Crippen LogP contribution in [0.5, 0.6) is 0 Å². The topological polar surface area (TPSA) is 67.2 Å². The van der Waals surface area contributed by atoms with Gasteiger partial charge in [0.25, 0.3) is 5.91 Å². The van der Waals surface area contributed by atoms with Gasteiger partial charge in [0, 0.05) is 11.6 Å². The molecule has 2 amide bonds. The van der Waals surface area contributed by atoms with Crippen LogP contribution in [0.25, 0.3) is 5.69 Å². The number of likely N-dealkylation sites (tertiary alicyclic amines) is 1. The van der Waals surface area contributed by atoms with Gasteiger partial charge in [0.15, 0.2) is 0 Å². The number of nitrogens with one attached hydrogen (secondary N) is 1. The Morgan fingerprint density at radius 2 is 1.65 bits per heavy atom. The molecule has 0 radical (unpaired) electrons. The highest BCUT2D eigenvalue weighted by Crippen LogP contribution is 2.40. The molecule has 1 N–H and O–H groups in total. The van der Waals surface area contributed by atoms with Crippen molar-refractivity contribution in [3.05, 3.63) is 78.6 Å². The summed E-state index contributed by atoms with van der Waals surface area (Å²) in [5.41, 5.74) is 2.20. The summed E-state index contributed by atoms with van der Waals surface area (Å²) < 4.78 is 1.73. The molecule has 2 heterocycles. The third-order valence-corrected chi connectivity index (χ3v) is 6.52. The van der Waals surface area contributed by atoms with Crippen molar-refractivity contribution >= 4 is 17.5 Å². The lowest BCUT2D eigenvalue weighted by atomic mass is 9.84. The molecular formula is C25H26N4O2. The fourth-order valence-electron chi connectivity index (χ4n) is 5.05. The first-order valence-corrected chi connectivity index (χ1v) is 11.0. The highest BCUT2D eigenvalue weighted by Gasteiger charge is 2.47. The molecule has 31 heavy (non-hydrogen) atoms. The Morgan fingerprint density at radius 1 is 0.935 bits per heavy atom. The summed E-state index contributed by atoms with van der Waals surface area (Å²) >= 11 is 0. The quantitative estimate of drug-likeness (QED) is 0.693. The maximum Gasteiger partial charge on any atom is 0.254 e. The summed E-state index contributed by atoms with van der Waals surface area (Å²) in [4.78, 5) is 28.6. The SMILES string of the molecule is O=C(Nc1cnn(-c2ccccc2)c1)C1CC2CCCCC2N1C(=O)c1ccccc1. The molecule has 2 aromatic carbocycles. The summed E-state index contributed by atoms with van der Waals surface area (Å²) in [6, 6.07) is 18.8. The average molecular weight is 415 g/mol. The minimum absolute atomic E-state index is 0.0462. The number of nitrogens with zero attached hydrogens (tertiary/aromatic N) is 3. The van der Waals surface area contributed by atoms with Gasteiger partial charge in [-0.15, -0.1) is 0 Å². The van der Waals surface area contributed by atoms with Crippen LogP contribution in [0.4, 0.5) is 5.69 Å². The van der Waals surface area contributed by atoms with Crippen LogP contribution in [0.15, 0.2) is 73.1 Å². The molecule has 2 aliphatic rings. The Balaban J connectivity index is 1.37. The third-order valence-electron chi connectivity index (χ3n) is 6.52. The second-order valence-corrected chi connectivity index (χ2v) is 8.44. The summed E-state index contributed by atoms with van der Waals surface area (Å²) in [6.07, 6.45) is 8.51. The molecule has 0 spiro atoms. The molecule has 158 valence electrons. The second-order valence-electron chi connectivity index (χ2n) is 8.44. The normalized spacial score (nSPS) is 22.7. The van der Waals surface area contributed by atoms with Crippen LogP contribution < -0.4 is 5.32 Å². The number of amides is 2. The zero-order valence-electron chi connectivity index (χ0n) is 17.4. The minimum Gasteiger partial charge on any atom is -0.323 e. The molecule has 1 saturated heterocycles. The Hall–Kier alpha value is -3.41. The molecule has 2 fully saturated rings. The van der Waals surface area contributed by atoms with E-state index in [9.17, 15) is 9.59 Å². The first kappa shape index (κ1) is 19.5. The predicted octanol–water partition coefficient (Wildman–Crippen LogP) is 4.28. The number of hydrogen-bond acceptors (Lipinski definition) is 3. The van der Waals surface area contributed by atoms with Crippen molar-refractivity contribution in [3.63, 3.8) is 0 Å². The van der Waals surface area contributed by atoms with Crippen LogP contribution in [0, 0.1) is 5.92 Å². The van der Waals surface area contributed by atoms with Crippen LogP contribution in [-0.2, 0) is 4.79 Å². The highest BCUT2D eigenvalue weighted by molar-refractivity contribution is 6.01. The molecule has 5 rings (SSSR count). The smallest absolute Gasteiger partial charge is 0.254 e. The largest absolute Gasteiger partial charge is 0.323 e. The predicted molar refractivity (Wildman–Crippen MR) is 119 cm³/mol. The van der Waals surface area contributed by atoms with E-state index in [2.05, 4.69) is 10.4 Å². The molecule has 1 aromatic heterocycles. The molecule has 1 aliphatic carbocycles. The summed E-state index contributed by atoms with van der Waals surface area (Å²) in [6.45, 7) is 0. The van der Waals surface area contributed by atoms with Crippen molar-refractivity contribution < 1.29 is 9.59 Å². The lowest BCUT2D eigenvalue weighted by molar-refractivity contribution is -0.120. The van der Waals surface area contributed by atoms with Crippen molar-refractivity contribution in [2.45, 2.75) is 44.2 Å². The number of anilines is 1. The summed E-state index contributed by atoms with van der Waals surface area (Å²) in [5.74, 6) is 0.214. The Labute approximate surface area is 181 Å². The van der Waals surface area contributed by atoms with Gasteiger partial charge >= 0.3 is 0 Å². The van der Waals surface area contributed by atoms with Crippen LogP contribution >= 0.6 is 0 Å². The zero-order valence-corrected chi connectivity index (χ0v) is 17.4. The molecule has 3 unspecified atom stereocenters. The number of carbonyl (C=O) groups excluding carboxylic acids is 2. The van der Waals surface area contributed by atoms with Gasteiger partial charge < -0.3 is 10.2 Å². The molecule has 6 heteroatoms. The van der Waals surface area contributed by atoms with Gasteiger partial charge in [-0.2, -0.15) is 5.10 Å². The molecule has 1 aliphatic heterocycles. The summed E-state index contributed by atoms with van der Waals surface area (Å²) in [7, 11) is 0. The number of carbonyl (C=O) groups is 2. The van der Waals surface area contributed by atoms with E-state index < -0.39 is 6.04 Å². The maximum atomic E-state index is 13.4. The lowest BCUT2D eigenvalue weighted by Gasteiger charge is -2.33. The molecule has 3 aromatic rings. The minimum atomic E-state index is -0.458. The fraction of sp³-hybridized carbons (Fsp3) is 0.320. The van der Waals surface area contributed by atoms with Gasteiger partial charge in [-0.3, -0.25) is 9.59 Å². The molecule has 0 bridgehead atoms. The van der Waals surface area contributed by atoms with E-state index in [0.29, 0.717) is 17.2 Å². The summed E-state index contributed by atoms with van der Waals surface area (Å²) in [5, 5.41) is 7.37. The number of fused-ring (bicyclic) bond motifs is 1. The van der Waals surface area contributed by atoms with Gasteiger partial charge in [-0.25, -0.2) is 4.68 Å². The zero-order chi connectivity index (χ0) is 21.2. The Morgan fingerprint density at radius 3 is 2.42 bits per heavy atom. The third kappa shape index (κ3) is 3.85. The van der Waals surface area contributed by atoms with Gasteiger partial charge in [-0.05, 0) is 49.4 Å². The molecule has 3 atom stereocenters. The van der Waals surface area contributed by atoms with E-state index in [4.69, 9.17) is 0 Å². The van der Waals surface area contributed by atoms with E-state index in [1.807, 2.05) is 65.6 Å². The van der Waals surface area contributed by atoms with Gasteiger partial charge in [0.2, 0.25) is 5.91 Å². The highest BCUT2D eigenvalue weighted by atomic mass is 16.2. The number of benzene rings is 2. The standard InChI is InChI=1S/C25H26N4O2/c30-24(27-20-16-26-28(17-20)21-12-5-2-6-13-21)23-15-19-11-7-8-14-22(19)29(23)25(31)18-9-3-1-4-10-18/h1-6,9-10,12-13,16-17,19,22-23H,7-8,11,14-15H2,(H,27,30). The van der Waals surface area contributed by atoms with Gasteiger partial charge in [0.05, 0.1) is 23.8 Å². The van der Waals surface area contributed by atoms with Crippen molar-refractivity contribution in [1.82, 2.24) is 14.7 Å². The second kappa shape index (κ2) is 8.38. The van der Waals surface area contributed by atoms with Crippen molar-refractivity contribution in [2.24, 2.45) is 5.92 Å². The molecule has 6 nitrogen and oxygen atoms in total. The number of hydrogen-bond donors (Lipinski definition) is 1. The molecular weight excluding hydrogens is 388 g/mol. The fourth-order valence-corrected chi connectivity index (χ4v) is 5.05. The Bertz CT molecular complexity index is 1060. The number of rotatable bonds is 4. The van der Waals surface area contributed by atoms with Crippen molar-refractivity contribution in [3.8, 4) is 5.69 Å². The van der Waals surface area contributed by atoms with Crippen LogP contribution in [0.2, 0.25) is 0 Å². The lowest BCUT2D eigenvalue weighted by Crippen LogP contribution is -2.47. The van der Waals surface area contributed by atoms with Crippen LogP contribution in [0.1, 0.15) is 42.5 Å². The number of aromatic nitrogens is 2. The average Bonchev–Trinajstić information content (AvgIpc) is 3.44. The van der Waals surface area contributed by atoms with E-state index in [0.717, 1.165) is 31.4 Å². The maximum absolute atomic E-state index is 13.4. The van der Waals surface area contributed by atoms with Crippen molar-refractivity contribution in [2.75, 3.05) is 5.32 Å². The molecule has 1 saturated carbocycles.